The van der Waals surface area contributed by atoms with Crippen LogP contribution in [-0.2, 0) is 23.0 Å². The van der Waals surface area contributed by atoms with Gasteiger partial charge in [0.15, 0.2) is 0 Å². The number of hydrogen-bond acceptors (Lipinski definition) is 10. The van der Waals surface area contributed by atoms with E-state index < -0.39 is 10.0 Å². The third kappa shape index (κ3) is 4.99. The summed E-state index contributed by atoms with van der Waals surface area (Å²) in [7, 11) is 2.99. The van der Waals surface area contributed by atoms with Crippen LogP contribution < -0.4 is 15.4 Å². The number of anilines is 4. The Balaban J connectivity index is 1.48. The maximum Gasteiger partial charge on any atom is 0.244 e. The van der Waals surface area contributed by atoms with Crippen molar-refractivity contribution in [1.82, 2.24) is 29.3 Å². The van der Waals surface area contributed by atoms with E-state index in [0.29, 0.717) is 34.2 Å². The highest BCUT2D eigenvalue weighted by molar-refractivity contribution is 7.89. The van der Waals surface area contributed by atoms with Crippen LogP contribution in [0.4, 0.5) is 23.1 Å². The van der Waals surface area contributed by atoms with Crippen molar-refractivity contribution in [3.05, 3.63) is 66.2 Å². The van der Waals surface area contributed by atoms with Crippen molar-refractivity contribution >= 4 is 44.2 Å². The highest BCUT2D eigenvalue weighted by Gasteiger charge is 2.24. The van der Waals surface area contributed by atoms with E-state index in [1.165, 1.54) is 35.8 Å². The number of benzene rings is 2. The van der Waals surface area contributed by atoms with Crippen LogP contribution in [0, 0.1) is 0 Å². The van der Waals surface area contributed by atoms with Crippen LogP contribution in [0.5, 0.6) is 5.75 Å². The fraction of sp³-hybridized carbons (Fsp3) is 0.250. The third-order valence-corrected chi connectivity index (χ3v) is 9.02. The number of likely N-dealkylation sites (N-methyl/N-ethyl adjacent to an activating group) is 1. The average Bonchev–Trinajstić information content (AvgIpc) is 3.63. The lowest BCUT2D eigenvalue weighted by Gasteiger charge is -2.26. The van der Waals surface area contributed by atoms with Crippen LogP contribution in [0.2, 0.25) is 0 Å². The largest absolute Gasteiger partial charge is 0.495 e. The standard InChI is InChI=1S/C28H30N8O4S/c1-35(2)41(37,38)24-8-6-5-7-21(24)31-27-25-20(19-13-30-40-16-19)14-29-26(25)33-28(34-27)32-22-11-18-15-36(3)10-9-17(18)12-23(22)39-4/h5-8,11-14,16H,9-10,15H2,1-4H3,(H3,29,31,32,33,34). The van der Waals surface area contributed by atoms with Crippen molar-refractivity contribution in [2.75, 3.05) is 45.4 Å². The third-order valence-electron chi connectivity index (χ3n) is 7.14. The van der Waals surface area contributed by atoms with Crippen LogP contribution in [-0.4, -0.2) is 72.5 Å². The molecule has 12 nitrogen and oxygen atoms in total. The molecule has 0 spiro atoms. The van der Waals surface area contributed by atoms with E-state index in [9.17, 15) is 8.42 Å². The Morgan fingerprint density at radius 3 is 2.68 bits per heavy atom. The molecule has 212 valence electrons. The molecule has 0 atom stereocenters. The van der Waals surface area contributed by atoms with Gasteiger partial charge in [-0.25, -0.2) is 12.7 Å². The Morgan fingerprint density at radius 1 is 1.10 bits per heavy atom. The molecule has 3 N–H and O–H groups in total. The molecular formula is C28H30N8O4S. The predicted molar refractivity (Wildman–Crippen MR) is 156 cm³/mol. The van der Waals surface area contributed by atoms with Crippen LogP contribution >= 0.6 is 0 Å². The summed E-state index contributed by atoms with van der Waals surface area (Å²) in [6.07, 6.45) is 5.86. The zero-order valence-electron chi connectivity index (χ0n) is 23.1. The number of aromatic amines is 1. The maximum atomic E-state index is 13.1. The van der Waals surface area contributed by atoms with Crippen LogP contribution in [0.25, 0.3) is 22.2 Å². The summed E-state index contributed by atoms with van der Waals surface area (Å²) in [6.45, 7) is 1.82. The molecule has 4 heterocycles. The number of nitrogens with zero attached hydrogens (tertiary/aromatic N) is 5. The molecule has 13 heteroatoms. The molecule has 0 amide bonds. The summed E-state index contributed by atoms with van der Waals surface area (Å²) in [4.78, 5) is 15.2. The molecule has 41 heavy (non-hydrogen) atoms. The smallest absolute Gasteiger partial charge is 0.244 e. The van der Waals surface area contributed by atoms with Crippen molar-refractivity contribution in [1.29, 1.82) is 0 Å². The first-order valence-electron chi connectivity index (χ1n) is 13.0. The minimum Gasteiger partial charge on any atom is -0.495 e. The first-order valence-corrected chi connectivity index (χ1v) is 14.4. The molecule has 3 aromatic heterocycles. The first kappa shape index (κ1) is 26.7. The minimum atomic E-state index is -3.74. The Hall–Kier alpha value is -4.46. The van der Waals surface area contributed by atoms with E-state index in [1.807, 2.05) is 0 Å². The second-order valence-electron chi connectivity index (χ2n) is 10.1. The van der Waals surface area contributed by atoms with E-state index in [2.05, 4.69) is 44.9 Å². The molecule has 0 aliphatic carbocycles. The summed E-state index contributed by atoms with van der Waals surface area (Å²) < 4.78 is 38.2. The molecule has 0 bridgehead atoms. The average molecular weight is 575 g/mol. The molecule has 1 aliphatic heterocycles. The van der Waals surface area contributed by atoms with Gasteiger partial charge in [0.05, 0.1) is 30.1 Å². The SMILES string of the molecule is COc1cc2c(cc1Nc1nc(Nc3ccccc3S(=O)(=O)N(C)C)c3c(-c4cnoc4)c[nH]c3n1)CN(C)CC2. The van der Waals surface area contributed by atoms with Gasteiger partial charge in [-0.3, -0.25) is 0 Å². The summed E-state index contributed by atoms with van der Waals surface area (Å²) >= 11 is 0. The van der Waals surface area contributed by atoms with Gasteiger partial charge in [-0.05, 0) is 48.9 Å². The molecule has 5 aromatic rings. The number of nitrogens with one attached hydrogen (secondary N) is 3. The van der Waals surface area contributed by atoms with Crippen molar-refractivity contribution in [2.45, 2.75) is 17.9 Å². The highest BCUT2D eigenvalue weighted by Crippen LogP contribution is 2.38. The van der Waals surface area contributed by atoms with E-state index >= 15 is 0 Å². The van der Waals surface area contributed by atoms with Crippen molar-refractivity contribution in [3.63, 3.8) is 0 Å². The fourth-order valence-corrected chi connectivity index (χ4v) is 6.02. The summed E-state index contributed by atoms with van der Waals surface area (Å²) in [6, 6.07) is 10.8. The topological polar surface area (TPSA) is 142 Å². The number of methoxy groups -OCH3 is 1. The molecule has 1 aliphatic rings. The quantitative estimate of drug-likeness (QED) is 0.245. The number of sulfonamides is 1. The molecule has 0 saturated heterocycles. The van der Waals surface area contributed by atoms with Gasteiger partial charge in [0.2, 0.25) is 16.0 Å². The van der Waals surface area contributed by atoms with Crippen LogP contribution in [0.1, 0.15) is 11.1 Å². The van der Waals surface area contributed by atoms with Crippen molar-refractivity contribution < 1.29 is 17.7 Å². The van der Waals surface area contributed by atoms with Crippen molar-refractivity contribution in [2.24, 2.45) is 0 Å². The highest BCUT2D eigenvalue weighted by atomic mass is 32.2. The van der Waals surface area contributed by atoms with Gasteiger partial charge >= 0.3 is 0 Å². The van der Waals surface area contributed by atoms with Gasteiger partial charge in [-0.2, -0.15) is 9.97 Å². The second kappa shape index (κ2) is 10.5. The number of ether oxygens (including phenoxy) is 1. The normalized spacial score (nSPS) is 13.9. The molecule has 0 saturated carbocycles. The Kier molecular flexibility index (Phi) is 6.85. The first-order chi connectivity index (χ1) is 19.7. The number of para-hydroxylation sites is 1. The number of H-pyrrole nitrogens is 1. The summed E-state index contributed by atoms with van der Waals surface area (Å²) in [5.41, 5.74) is 5.57. The van der Waals surface area contributed by atoms with Crippen molar-refractivity contribution in [3.8, 4) is 16.9 Å². The van der Waals surface area contributed by atoms with Gasteiger partial charge in [-0.15, -0.1) is 0 Å². The fourth-order valence-electron chi connectivity index (χ4n) is 4.98. The minimum absolute atomic E-state index is 0.119. The van der Waals surface area contributed by atoms with Gasteiger partial charge < -0.3 is 29.8 Å². The monoisotopic (exact) mass is 574 g/mol. The maximum absolute atomic E-state index is 13.1. The van der Waals surface area contributed by atoms with Gasteiger partial charge in [0.25, 0.3) is 0 Å². The zero-order chi connectivity index (χ0) is 28.7. The molecule has 0 fully saturated rings. The van der Waals surface area contributed by atoms with E-state index in [-0.39, 0.29) is 4.90 Å². The molecule has 0 radical (unpaired) electrons. The lowest BCUT2D eigenvalue weighted by atomic mass is 9.99. The number of fused-ring (bicyclic) bond motifs is 2. The molecule has 6 rings (SSSR count). The van der Waals surface area contributed by atoms with E-state index in [0.717, 1.165) is 36.3 Å². The van der Waals surface area contributed by atoms with E-state index in [1.54, 1.807) is 43.8 Å². The zero-order valence-corrected chi connectivity index (χ0v) is 23.9. The number of rotatable bonds is 8. The Labute approximate surface area is 237 Å². The van der Waals surface area contributed by atoms with Crippen LogP contribution in [0.15, 0.2) is 64.5 Å². The Morgan fingerprint density at radius 2 is 1.93 bits per heavy atom. The summed E-state index contributed by atoms with van der Waals surface area (Å²) in [5.74, 6) is 1.38. The Bertz CT molecular complexity index is 1830. The lowest BCUT2D eigenvalue weighted by molar-refractivity contribution is 0.312. The summed E-state index contributed by atoms with van der Waals surface area (Å²) in [5, 5.41) is 11.1. The number of hydrogen-bond donors (Lipinski definition) is 3. The molecule has 0 unspecified atom stereocenters. The van der Waals surface area contributed by atoms with E-state index in [4.69, 9.17) is 19.2 Å². The number of aromatic nitrogens is 4. The van der Waals surface area contributed by atoms with Gasteiger partial charge in [-0.1, -0.05) is 17.3 Å². The lowest BCUT2D eigenvalue weighted by Crippen LogP contribution is -2.26. The predicted octanol–water partition coefficient (Wildman–Crippen LogP) is 4.35. The van der Waals surface area contributed by atoms with Gasteiger partial charge in [0.1, 0.15) is 28.4 Å². The second-order valence-corrected chi connectivity index (χ2v) is 12.2. The molecular weight excluding hydrogens is 544 g/mol. The van der Waals surface area contributed by atoms with Gasteiger partial charge in [0, 0.05) is 44.5 Å². The van der Waals surface area contributed by atoms with Crippen LogP contribution in [0.3, 0.4) is 0 Å². The molecule has 2 aromatic carbocycles.